The highest BCUT2D eigenvalue weighted by molar-refractivity contribution is 5.88. The van der Waals surface area contributed by atoms with E-state index in [0.29, 0.717) is 0 Å². The molecule has 0 radical (unpaired) electrons. The highest BCUT2D eigenvalue weighted by atomic mass is 16.5. The van der Waals surface area contributed by atoms with Crippen LogP contribution in [-0.2, 0) is 14.3 Å². The van der Waals surface area contributed by atoms with Crippen molar-refractivity contribution in [3.05, 3.63) is 35.9 Å². The van der Waals surface area contributed by atoms with Crippen molar-refractivity contribution in [2.75, 3.05) is 13.7 Å². The molecule has 1 unspecified atom stereocenters. The topological polar surface area (TPSA) is 81.4 Å². The molecule has 0 heterocycles. The van der Waals surface area contributed by atoms with Gasteiger partial charge < -0.3 is 15.8 Å². The van der Waals surface area contributed by atoms with E-state index in [4.69, 9.17) is 10.5 Å². The molecule has 0 aromatic heterocycles. The van der Waals surface area contributed by atoms with Gasteiger partial charge in [0.25, 0.3) is 0 Å². The molecule has 0 bridgehead atoms. The first-order valence-electron chi connectivity index (χ1n) is 6.64. The number of benzene rings is 1. The summed E-state index contributed by atoms with van der Waals surface area (Å²) < 4.78 is 4.71. The number of nitrogens with two attached hydrogens (primary N) is 1. The van der Waals surface area contributed by atoms with Crippen molar-refractivity contribution < 1.29 is 14.3 Å². The summed E-state index contributed by atoms with van der Waals surface area (Å²) in [6.45, 7) is 3.88. The molecule has 20 heavy (non-hydrogen) atoms. The molecule has 1 rings (SSSR count). The minimum absolute atomic E-state index is 0.0550. The zero-order chi connectivity index (χ0) is 15.1. The van der Waals surface area contributed by atoms with E-state index < -0.39 is 17.9 Å². The van der Waals surface area contributed by atoms with Crippen molar-refractivity contribution in [1.29, 1.82) is 0 Å². The van der Waals surface area contributed by atoms with Crippen LogP contribution in [0.25, 0.3) is 0 Å². The van der Waals surface area contributed by atoms with Gasteiger partial charge in [0.2, 0.25) is 5.91 Å². The molecule has 110 valence electrons. The molecule has 0 saturated carbocycles. The first-order valence-corrected chi connectivity index (χ1v) is 6.64. The molecule has 5 nitrogen and oxygen atoms in total. The third kappa shape index (κ3) is 4.06. The molecule has 0 aliphatic heterocycles. The third-order valence-corrected chi connectivity index (χ3v) is 3.17. The van der Waals surface area contributed by atoms with Gasteiger partial charge in [-0.15, -0.1) is 0 Å². The lowest BCUT2D eigenvalue weighted by Gasteiger charge is -2.23. The summed E-state index contributed by atoms with van der Waals surface area (Å²) in [7, 11) is 1.31. The van der Waals surface area contributed by atoms with Gasteiger partial charge in [0.05, 0.1) is 13.0 Å². The van der Waals surface area contributed by atoms with E-state index in [0.717, 1.165) is 5.56 Å². The molecule has 0 fully saturated rings. The predicted molar refractivity (Wildman–Crippen MR) is 77.0 cm³/mol. The van der Waals surface area contributed by atoms with Crippen molar-refractivity contribution in [2.24, 2.45) is 11.7 Å². The molecule has 0 spiro atoms. The number of methoxy groups -OCH3 is 1. The fourth-order valence-corrected chi connectivity index (χ4v) is 1.96. The maximum Gasteiger partial charge on any atom is 0.328 e. The van der Waals surface area contributed by atoms with Crippen LogP contribution in [0.15, 0.2) is 30.3 Å². The SMILES string of the molecule is COC(=O)[C@@H](NC(=O)C(CN)c1ccccc1)C(C)C. The average Bonchev–Trinajstić information content (AvgIpc) is 2.45. The predicted octanol–water partition coefficient (Wildman–Crippen LogP) is 1.04. The molecule has 3 N–H and O–H groups in total. The molecule has 1 aromatic carbocycles. The monoisotopic (exact) mass is 278 g/mol. The Morgan fingerprint density at radius 2 is 1.85 bits per heavy atom. The average molecular weight is 278 g/mol. The van der Waals surface area contributed by atoms with Gasteiger partial charge in [0.1, 0.15) is 6.04 Å². The van der Waals surface area contributed by atoms with Crippen molar-refractivity contribution in [1.82, 2.24) is 5.32 Å². The normalized spacial score (nSPS) is 13.7. The summed E-state index contributed by atoms with van der Waals surface area (Å²) in [6.07, 6.45) is 0. The van der Waals surface area contributed by atoms with E-state index in [1.807, 2.05) is 44.2 Å². The highest BCUT2D eigenvalue weighted by Gasteiger charge is 2.28. The van der Waals surface area contributed by atoms with Crippen LogP contribution in [-0.4, -0.2) is 31.6 Å². The lowest BCUT2D eigenvalue weighted by atomic mass is 9.96. The fraction of sp³-hybridized carbons (Fsp3) is 0.467. The minimum Gasteiger partial charge on any atom is -0.467 e. The largest absolute Gasteiger partial charge is 0.467 e. The number of rotatable bonds is 6. The van der Waals surface area contributed by atoms with Crippen LogP contribution in [0.4, 0.5) is 0 Å². The van der Waals surface area contributed by atoms with Gasteiger partial charge in [-0.05, 0) is 11.5 Å². The van der Waals surface area contributed by atoms with Crippen molar-refractivity contribution in [3.63, 3.8) is 0 Å². The summed E-state index contributed by atoms with van der Waals surface area (Å²) in [4.78, 5) is 24.0. The molecule has 2 atom stereocenters. The summed E-state index contributed by atoms with van der Waals surface area (Å²) >= 11 is 0. The number of carbonyl (C=O) groups excluding carboxylic acids is 2. The molecule has 0 saturated heterocycles. The molecule has 1 aromatic rings. The Morgan fingerprint density at radius 1 is 1.25 bits per heavy atom. The second-order valence-electron chi connectivity index (χ2n) is 4.95. The lowest BCUT2D eigenvalue weighted by Crippen LogP contribution is -2.47. The lowest BCUT2D eigenvalue weighted by molar-refractivity contribution is -0.146. The number of nitrogens with one attached hydrogen (secondary N) is 1. The molecule has 0 aliphatic rings. The van der Waals surface area contributed by atoms with Crippen LogP contribution in [0.1, 0.15) is 25.3 Å². The van der Waals surface area contributed by atoms with Gasteiger partial charge >= 0.3 is 5.97 Å². The Bertz CT molecular complexity index is 446. The van der Waals surface area contributed by atoms with Gasteiger partial charge in [0, 0.05) is 6.54 Å². The maximum absolute atomic E-state index is 12.3. The molecule has 1 amide bonds. The van der Waals surface area contributed by atoms with Crippen LogP contribution < -0.4 is 11.1 Å². The Kier molecular flexibility index (Phi) is 6.18. The Balaban J connectivity index is 2.84. The second kappa shape index (κ2) is 7.65. The van der Waals surface area contributed by atoms with E-state index >= 15 is 0 Å². The standard InChI is InChI=1S/C15H22N2O3/c1-10(2)13(15(19)20-3)17-14(18)12(9-16)11-7-5-4-6-8-11/h4-8,10,12-13H,9,16H2,1-3H3,(H,17,18)/t12?,13-/m0/s1. The summed E-state index contributed by atoms with van der Waals surface area (Å²) in [5, 5.41) is 2.72. The van der Waals surface area contributed by atoms with Crippen LogP contribution in [0.2, 0.25) is 0 Å². The first-order chi connectivity index (χ1) is 9.51. The van der Waals surface area contributed by atoms with E-state index in [-0.39, 0.29) is 18.4 Å². The van der Waals surface area contributed by atoms with E-state index in [2.05, 4.69) is 5.32 Å². The third-order valence-electron chi connectivity index (χ3n) is 3.17. The summed E-state index contributed by atoms with van der Waals surface area (Å²) in [6, 6.07) is 8.61. The highest BCUT2D eigenvalue weighted by Crippen LogP contribution is 2.15. The Labute approximate surface area is 119 Å². The van der Waals surface area contributed by atoms with Crippen molar-refractivity contribution in [3.8, 4) is 0 Å². The minimum atomic E-state index is -0.662. The van der Waals surface area contributed by atoms with E-state index in [9.17, 15) is 9.59 Å². The number of hydrogen-bond donors (Lipinski definition) is 2. The van der Waals surface area contributed by atoms with Crippen LogP contribution >= 0.6 is 0 Å². The van der Waals surface area contributed by atoms with Crippen molar-refractivity contribution in [2.45, 2.75) is 25.8 Å². The summed E-state index contributed by atoms with van der Waals surface area (Å²) in [5.41, 5.74) is 6.52. The quantitative estimate of drug-likeness (QED) is 0.762. The molecule has 0 aliphatic carbocycles. The van der Waals surface area contributed by atoms with E-state index in [1.54, 1.807) is 0 Å². The molecular formula is C15H22N2O3. The Morgan fingerprint density at radius 3 is 2.30 bits per heavy atom. The van der Waals surface area contributed by atoms with Gasteiger partial charge in [-0.3, -0.25) is 4.79 Å². The van der Waals surface area contributed by atoms with Gasteiger partial charge in [-0.1, -0.05) is 44.2 Å². The summed E-state index contributed by atoms with van der Waals surface area (Å²) in [5.74, 6) is -1.23. The number of ether oxygens (including phenoxy) is 1. The van der Waals surface area contributed by atoms with Gasteiger partial charge in [-0.25, -0.2) is 4.79 Å². The number of esters is 1. The number of amides is 1. The second-order valence-corrected chi connectivity index (χ2v) is 4.95. The molecular weight excluding hydrogens is 256 g/mol. The maximum atomic E-state index is 12.3. The van der Waals surface area contributed by atoms with Crippen LogP contribution in [0, 0.1) is 5.92 Å². The first kappa shape index (κ1) is 16.2. The van der Waals surface area contributed by atoms with Crippen molar-refractivity contribution >= 4 is 11.9 Å². The van der Waals surface area contributed by atoms with Crippen LogP contribution in [0.5, 0.6) is 0 Å². The molecule has 5 heteroatoms. The van der Waals surface area contributed by atoms with E-state index in [1.165, 1.54) is 7.11 Å². The van der Waals surface area contributed by atoms with Gasteiger partial charge in [-0.2, -0.15) is 0 Å². The Hall–Kier alpha value is -1.88. The zero-order valence-corrected chi connectivity index (χ0v) is 12.1. The number of hydrogen-bond acceptors (Lipinski definition) is 4. The fourth-order valence-electron chi connectivity index (χ4n) is 1.96. The smallest absolute Gasteiger partial charge is 0.328 e. The zero-order valence-electron chi connectivity index (χ0n) is 12.1. The number of carbonyl (C=O) groups is 2. The van der Waals surface area contributed by atoms with Crippen LogP contribution in [0.3, 0.4) is 0 Å². The van der Waals surface area contributed by atoms with Gasteiger partial charge in [0.15, 0.2) is 0 Å².